The van der Waals surface area contributed by atoms with Crippen LogP contribution in [0, 0.1) is 6.92 Å². The van der Waals surface area contributed by atoms with Gasteiger partial charge in [-0.15, -0.1) is 0 Å². The van der Waals surface area contributed by atoms with Crippen LogP contribution in [-0.4, -0.2) is 20.4 Å². The molecule has 0 amide bonds. The first kappa shape index (κ1) is 13.2. The molecule has 21 heavy (non-hydrogen) atoms. The number of phenolic OH excluding ortho intramolecular Hbond substituents is 2. The number of aromatic hydroxyl groups is 2. The molecule has 3 aromatic rings. The topological polar surface area (TPSA) is 79.4 Å². The third-order valence-corrected chi connectivity index (χ3v) is 3.12. The molecule has 0 unspecified atom stereocenters. The first-order chi connectivity index (χ1) is 10.1. The van der Waals surface area contributed by atoms with E-state index in [4.69, 9.17) is 4.52 Å². The molecular weight excluding hydrogens is 268 g/mol. The smallest absolute Gasteiger partial charge is 0.261 e. The van der Waals surface area contributed by atoms with Gasteiger partial charge in [-0.3, -0.25) is 0 Å². The molecule has 0 aliphatic rings. The van der Waals surface area contributed by atoms with Crippen molar-refractivity contribution in [1.82, 2.24) is 10.1 Å². The lowest BCUT2D eigenvalue weighted by atomic mass is 10.1. The predicted octanol–water partition coefficient (Wildman–Crippen LogP) is 3.05. The van der Waals surface area contributed by atoms with E-state index in [9.17, 15) is 10.2 Å². The maximum absolute atomic E-state index is 9.79. The van der Waals surface area contributed by atoms with Crippen molar-refractivity contribution in [3.05, 3.63) is 59.4 Å². The minimum atomic E-state index is -0.0965. The van der Waals surface area contributed by atoms with Crippen LogP contribution in [0.3, 0.4) is 0 Å². The average Bonchev–Trinajstić information content (AvgIpc) is 2.87. The van der Waals surface area contributed by atoms with Crippen LogP contribution < -0.4 is 0 Å². The Bertz CT molecular complexity index is 781. The normalized spacial score (nSPS) is 10.7. The van der Waals surface area contributed by atoms with E-state index in [0.29, 0.717) is 17.8 Å². The number of aryl methyl sites for hydroxylation is 1. The van der Waals surface area contributed by atoms with Gasteiger partial charge in [-0.05, 0) is 24.6 Å². The average molecular weight is 282 g/mol. The molecule has 1 heterocycles. The van der Waals surface area contributed by atoms with Gasteiger partial charge in [0.2, 0.25) is 0 Å². The maximum Gasteiger partial charge on any atom is 0.261 e. The molecule has 0 aliphatic heterocycles. The van der Waals surface area contributed by atoms with Gasteiger partial charge in [0.15, 0.2) is 5.82 Å². The fourth-order valence-electron chi connectivity index (χ4n) is 2.14. The highest BCUT2D eigenvalue weighted by atomic mass is 16.5. The molecule has 0 saturated carbocycles. The molecular formula is C16H14N2O3. The zero-order chi connectivity index (χ0) is 14.8. The fraction of sp³-hybridized carbons (Fsp3) is 0.125. The zero-order valence-corrected chi connectivity index (χ0v) is 11.4. The highest BCUT2D eigenvalue weighted by Crippen LogP contribution is 2.30. The van der Waals surface area contributed by atoms with Crippen LogP contribution in [0.1, 0.15) is 17.0 Å². The van der Waals surface area contributed by atoms with E-state index in [1.165, 1.54) is 23.8 Å². The highest BCUT2D eigenvalue weighted by molar-refractivity contribution is 5.63. The van der Waals surface area contributed by atoms with E-state index >= 15 is 0 Å². The molecule has 0 saturated heterocycles. The van der Waals surface area contributed by atoms with E-state index in [2.05, 4.69) is 16.2 Å². The summed E-state index contributed by atoms with van der Waals surface area (Å²) in [5, 5.41) is 23.0. The zero-order valence-electron chi connectivity index (χ0n) is 11.4. The highest BCUT2D eigenvalue weighted by Gasteiger charge is 2.13. The molecule has 0 atom stereocenters. The molecule has 3 rings (SSSR count). The summed E-state index contributed by atoms with van der Waals surface area (Å²) in [6.07, 6.45) is 0.560. The Balaban J connectivity index is 1.86. The number of benzene rings is 2. The van der Waals surface area contributed by atoms with Crippen LogP contribution in [0.4, 0.5) is 0 Å². The van der Waals surface area contributed by atoms with Crippen LogP contribution in [0.15, 0.2) is 47.0 Å². The van der Waals surface area contributed by atoms with E-state index < -0.39 is 0 Å². The van der Waals surface area contributed by atoms with E-state index in [0.717, 1.165) is 5.56 Å². The van der Waals surface area contributed by atoms with Crippen molar-refractivity contribution in [3.8, 4) is 23.0 Å². The standard InChI is InChI=1S/C16H14N2O3/c1-10-3-2-4-11(7-10)8-15-17-16(21-18-15)13-6-5-12(19)9-14(13)20/h2-7,9,19-20H,8H2,1H3. The quantitative estimate of drug-likeness (QED) is 0.771. The maximum atomic E-state index is 9.79. The third kappa shape index (κ3) is 2.86. The minimum Gasteiger partial charge on any atom is -0.508 e. The van der Waals surface area contributed by atoms with Crippen molar-refractivity contribution in [2.24, 2.45) is 0 Å². The SMILES string of the molecule is Cc1cccc(Cc2noc(-c3ccc(O)cc3O)n2)c1. The summed E-state index contributed by atoms with van der Waals surface area (Å²) >= 11 is 0. The van der Waals surface area contributed by atoms with Gasteiger partial charge in [0, 0.05) is 12.5 Å². The Morgan fingerprint density at radius 2 is 1.95 bits per heavy atom. The summed E-state index contributed by atoms with van der Waals surface area (Å²) in [4.78, 5) is 4.28. The summed E-state index contributed by atoms with van der Waals surface area (Å²) in [7, 11) is 0. The summed E-state index contributed by atoms with van der Waals surface area (Å²) in [5.41, 5.74) is 2.67. The number of hydrogen-bond acceptors (Lipinski definition) is 5. The second-order valence-corrected chi connectivity index (χ2v) is 4.88. The molecule has 2 aromatic carbocycles. The molecule has 0 aliphatic carbocycles. The van der Waals surface area contributed by atoms with Gasteiger partial charge < -0.3 is 14.7 Å². The van der Waals surface area contributed by atoms with Gasteiger partial charge in [0.25, 0.3) is 5.89 Å². The fourth-order valence-corrected chi connectivity index (χ4v) is 2.14. The van der Waals surface area contributed by atoms with Crippen LogP contribution in [0.5, 0.6) is 11.5 Å². The molecule has 0 radical (unpaired) electrons. The summed E-state index contributed by atoms with van der Waals surface area (Å²) in [5.74, 6) is 0.662. The number of aromatic nitrogens is 2. The molecule has 2 N–H and O–H groups in total. The molecule has 5 nitrogen and oxygen atoms in total. The van der Waals surface area contributed by atoms with Gasteiger partial charge in [0.1, 0.15) is 11.5 Å². The molecule has 5 heteroatoms. The Morgan fingerprint density at radius 1 is 1.10 bits per heavy atom. The minimum absolute atomic E-state index is 0.0178. The molecule has 0 bridgehead atoms. The molecule has 0 spiro atoms. The van der Waals surface area contributed by atoms with Crippen LogP contribution >= 0.6 is 0 Å². The second kappa shape index (κ2) is 5.28. The summed E-state index contributed by atoms with van der Waals surface area (Å²) in [6.45, 7) is 2.03. The Hall–Kier alpha value is -2.82. The molecule has 106 valence electrons. The van der Waals surface area contributed by atoms with Crippen molar-refractivity contribution in [1.29, 1.82) is 0 Å². The Morgan fingerprint density at radius 3 is 2.71 bits per heavy atom. The number of phenols is 2. The first-order valence-corrected chi connectivity index (χ1v) is 6.52. The van der Waals surface area contributed by atoms with E-state index in [-0.39, 0.29) is 17.4 Å². The van der Waals surface area contributed by atoms with Crippen LogP contribution in [0.2, 0.25) is 0 Å². The first-order valence-electron chi connectivity index (χ1n) is 6.52. The molecule has 0 fully saturated rings. The third-order valence-electron chi connectivity index (χ3n) is 3.12. The summed E-state index contributed by atoms with van der Waals surface area (Å²) < 4.78 is 5.17. The Labute approximate surface area is 121 Å². The second-order valence-electron chi connectivity index (χ2n) is 4.88. The van der Waals surface area contributed by atoms with Crippen LogP contribution in [0.25, 0.3) is 11.5 Å². The lowest BCUT2D eigenvalue weighted by molar-refractivity contribution is 0.417. The van der Waals surface area contributed by atoms with Gasteiger partial charge >= 0.3 is 0 Å². The number of hydrogen-bond donors (Lipinski definition) is 2. The van der Waals surface area contributed by atoms with Crippen molar-refractivity contribution in [3.63, 3.8) is 0 Å². The van der Waals surface area contributed by atoms with Gasteiger partial charge in [-0.25, -0.2) is 0 Å². The van der Waals surface area contributed by atoms with E-state index in [1.807, 2.05) is 25.1 Å². The molecule has 1 aromatic heterocycles. The lowest BCUT2D eigenvalue weighted by Gasteiger charge is -1.99. The van der Waals surface area contributed by atoms with Crippen molar-refractivity contribution >= 4 is 0 Å². The van der Waals surface area contributed by atoms with Gasteiger partial charge in [-0.1, -0.05) is 35.0 Å². The predicted molar refractivity (Wildman–Crippen MR) is 77.0 cm³/mol. The van der Waals surface area contributed by atoms with Crippen molar-refractivity contribution < 1.29 is 14.7 Å². The Kier molecular flexibility index (Phi) is 3.31. The van der Waals surface area contributed by atoms with E-state index in [1.54, 1.807) is 0 Å². The van der Waals surface area contributed by atoms with Crippen molar-refractivity contribution in [2.75, 3.05) is 0 Å². The lowest BCUT2D eigenvalue weighted by Crippen LogP contribution is -1.91. The largest absolute Gasteiger partial charge is 0.508 e. The monoisotopic (exact) mass is 282 g/mol. The number of nitrogens with zero attached hydrogens (tertiary/aromatic N) is 2. The number of rotatable bonds is 3. The summed E-state index contributed by atoms with van der Waals surface area (Å²) in [6, 6.07) is 12.3. The van der Waals surface area contributed by atoms with Crippen molar-refractivity contribution in [2.45, 2.75) is 13.3 Å². The van der Waals surface area contributed by atoms with Gasteiger partial charge in [-0.2, -0.15) is 4.98 Å². The van der Waals surface area contributed by atoms with Crippen LogP contribution in [-0.2, 0) is 6.42 Å². The van der Waals surface area contributed by atoms with Gasteiger partial charge in [0.05, 0.1) is 5.56 Å².